The summed E-state index contributed by atoms with van der Waals surface area (Å²) in [4.78, 5) is 26.9. The van der Waals surface area contributed by atoms with Crippen LogP contribution < -0.4 is 0 Å². The fourth-order valence-electron chi connectivity index (χ4n) is 1.26. The fraction of sp³-hybridized carbons (Fsp3) is 0.500. The summed E-state index contributed by atoms with van der Waals surface area (Å²) in [6.45, 7) is 1.86. The van der Waals surface area contributed by atoms with Crippen molar-refractivity contribution in [2.75, 3.05) is 14.2 Å². The number of hydrogen-bond donors (Lipinski definition) is 0. The van der Waals surface area contributed by atoms with Gasteiger partial charge in [0.15, 0.2) is 5.92 Å². The summed E-state index contributed by atoms with van der Waals surface area (Å²) in [7, 11) is 2.48. The lowest BCUT2D eigenvalue weighted by Gasteiger charge is -2.10. The number of thiazole rings is 1. The summed E-state index contributed by atoms with van der Waals surface area (Å²) in [5, 5.41) is 2.71. The average molecular weight is 243 g/mol. The van der Waals surface area contributed by atoms with E-state index in [1.54, 1.807) is 0 Å². The van der Waals surface area contributed by atoms with E-state index in [2.05, 4.69) is 14.5 Å². The van der Waals surface area contributed by atoms with Crippen LogP contribution in [0.3, 0.4) is 0 Å². The van der Waals surface area contributed by atoms with E-state index in [0.29, 0.717) is 5.69 Å². The highest BCUT2D eigenvalue weighted by Gasteiger charge is 2.29. The standard InChI is InChI=1S/C10H13NO4S/c1-6-11-7(5-16-6)4-8(9(12)14-2)10(13)15-3/h5,8H,4H2,1-3H3. The van der Waals surface area contributed by atoms with Crippen molar-refractivity contribution in [3.63, 3.8) is 0 Å². The topological polar surface area (TPSA) is 65.5 Å². The molecule has 1 rings (SSSR count). The van der Waals surface area contributed by atoms with E-state index in [1.807, 2.05) is 12.3 Å². The van der Waals surface area contributed by atoms with Crippen molar-refractivity contribution >= 4 is 23.3 Å². The molecule has 0 fully saturated rings. The van der Waals surface area contributed by atoms with Crippen LogP contribution in [0.15, 0.2) is 5.38 Å². The van der Waals surface area contributed by atoms with E-state index < -0.39 is 17.9 Å². The Kier molecular flexibility index (Phi) is 4.42. The lowest BCUT2D eigenvalue weighted by molar-refractivity contribution is -0.158. The molecule has 0 aromatic carbocycles. The second kappa shape index (κ2) is 5.60. The summed E-state index contributed by atoms with van der Waals surface area (Å²) in [6, 6.07) is 0. The van der Waals surface area contributed by atoms with Crippen molar-refractivity contribution in [3.05, 3.63) is 16.1 Å². The largest absolute Gasteiger partial charge is 0.468 e. The van der Waals surface area contributed by atoms with E-state index in [0.717, 1.165) is 5.01 Å². The van der Waals surface area contributed by atoms with E-state index in [-0.39, 0.29) is 6.42 Å². The first kappa shape index (κ1) is 12.6. The van der Waals surface area contributed by atoms with Gasteiger partial charge in [0, 0.05) is 11.8 Å². The van der Waals surface area contributed by atoms with Crippen molar-refractivity contribution in [2.24, 2.45) is 5.92 Å². The molecule has 0 saturated heterocycles. The highest BCUT2D eigenvalue weighted by Crippen LogP contribution is 2.15. The SMILES string of the molecule is COC(=O)C(Cc1csc(C)n1)C(=O)OC. The first-order valence-electron chi connectivity index (χ1n) is 4.65. The van der Waals surface area contributed by atoms with Gasteiger partial charge in [-0.05, 0) is 6.92 Å². The van der Waals surface area contributed by atoms with Crippen molar-refractivity contribution < 1.29 is 19.1 Å². The van der Waals surface area contributed by atoms with Crippen LogP contribution in [0.2, 0.25) is 0 Å². The van der Waals surface area contributed by atoms with Gasteiger partial charge in [-0.3, -0.25) is 9.59 Å². The zero-order chi connectivity index (χ0) is 12.1. The van der Waals surface area contributed by atoms with Gasteiger partial charge < -0.3 is 9.47 Å². The molecule has 0 bridgehead atoms. The van der Waals surface area contributed by atoms with E-state index >= 15 is 0 Å². The van der Waals surface area contributed by atoms with Crippen LogP contribution in [-0.4, -0.2) is 31.1 Å². The molecule has 0 aliphatic rings. The molecular formula is C10H13NO4S. The first-order chi connectivity index (χ1) is 7.58. The van der Waals surface area contributed by atoms with Gasteiger partial charge in [0.05, 0.1) is 24.9 Å². The van der Waals surface area contributed by atoms with E-state index in [4.69, 9.17) is 0 Å². The maximum absolute atomic E-state index is 11.4. The van der Waals surface area contributed by atoms with Gasteiger partial charge in [0.2, 0.25) is 0 Å². The van der Waals surface area contributed by atoms with Gasteiger partial charge >= 0.3 is 11.9 Å². The van der Waals surface area contributed by atoms with Crippen LogP contribution in [-0.2, 0) is 25.5 Å². The van der Waals surface area contributed by atoms with E-state index in [9.17, 15) is 9.59 Å². The second-order valence-corrected chi connectivity index (χ2v) is 4.22. The number of aromatic nitrogens is 1. The molecule has 1 heterocycles. The fourth-order valence-corrected chi connectivity index (χ4v) is 1.88. The van der Waals surface area contributed by atoms with Gasteiger partial charge in [-0.25, -0.2) is 4.98 Å². The Morgan fingerprint density at radius 2 is 1.94 bits per heavy atom. The Morgan fingerprint density at radius 3 is 2.31 bits per heavy atom. The summed E-state index contributed by atoms with van der Waals surface area (Å²) in [5.74, 6) is -2.13. The maximum Gasteiger partial charge on any atom is 0.320 e. The van der Waals surface area contributed by atoms with Crippen molar-refractivity contribution in [1.82, 2.24) is 4.98 Å². The Bertz CT molecular complexity index is 372. The van der Waals surface area contributed by atoms with Gasteiger partial charge in [0.25, 0.3) is 0 Å². The first-order valence-corrected chi connectivity index (χ1v) is 5.53. The lowest BCUT2D eigenvalue weighted by Crippen LogP contribution is -2.28. The van der Waals surface area contributed by atoms with Crippen molar-refractivity contribution in [3.8, 4) is 0 Å². The highest BCUT2D eigenvalue weighted by molar-refractivity contribution is 7.09. The monoisotopic (exact) mass is 243 g/mol. The zero-order valence-corrected chi connectivity index (χ0v) is 10.2. The molecular weight excluding hydrogens is 230 g/mol. The lowest BCUT2D eigenvalue weighted by atomic mass is 10.0. The van der Waals surface area contributed by atoms with Crippen LogP contribution in [0.1, 0.15) is 10.7 Å². The number of hydrogen-bond acceptors (Lipinski definition) is 6. The van der Waals surface area contributed by atoms with Crippen LogP contribution in [0, 0.1) is 12.8 Å². The van der Waals surface area contributed by atoms with Crippen LogP contribution in [0.5, 0.6) is 0 Å². The minimum absolute atomic E-state index is 0.212. The molecule has 0 spiro atoms. The molecule has 0 radical (unpaired) electrons. The molecule has 1 aromatic rings. The highest BCUT2D eigenvalue weighted by atomic mass is 32.1. The molecule has 0 amide bonds. The smallest absolute Gasteiger partial charge is 0.320 e. The number of nitrogens with zero attached hydrogens (tertiary/aromatic N) is 1. The molecule has 0 atom stereocenters. The third kappa shape index (κ3) is 3.03. The molecule has 0 saturated carbocycles. The Labute approximate surface area is 97.4 Å². The molecule has 5 nitrogen and oxygen atoms in total. The number of ether oxygens (including phenoxy) is 2. The molecule has 0 N–H and O–H groups in total. The van der Waals surface area contributed by atoms with E-state index in [1.165, 1.54) is 25.6 Å². The predicted octanol–water partition coefficient (Wildman–Crippen LogP) is 0.956. The van der Waals surface area contributed by atoms with Crippen LogP contribution >= 0.6 is 11.3 Å². The predicted molar refractivity (Wildman–Crippen MR) is 58.1 cm³/mol. The summed E-state index contributed by atoms with van der Waals surface area (Å²) in [6.07, 6.45) is 0.212. The zero-order valence-electron chi connectivity index (χ0n) is 9.35. The Morgan fingerprint density at radius 1 is 1.38 bits per heavy atom. The Hall–Kier alpha value is -1.43. The minimum Gasteiger partial charge on any atom is -0.468 e. The van der Waals surface area contributed by atoms with Crippen LogP contribution in [0.4, 0.5) is 0 Å². The third-order valence-electron chi connectivity index (χ3n) is 2.05. The van der Waals surface area contributed by atoms with Gasteiger partial charge in [-0.15, -0.1) is 11.3 Å². The quantitative estimate of drug-likeness (QED) is 0.582. The van der Waals surface area contributed by atoms with Crippen molar-refractivity contribution in [1.29, 1.82) is 0 Å². The summed E-state index contributed by atoms with van der Waals surface area (Å²) >= 11 is 1.47. The number of esters is 2. The summed E-state index contributed by atoms with van der Waals surface area (Å²) in [5.41, 5.74) is 0.698. The molecule has 16 heavy (non-hydrogen) atoms. The van der Waals surface area contributed by atoms with Crippen molar-refractivity contribution in [2.45, 2.75) is 13.3 Å². The molecule has 6 heteroatoms. The molecule has 0 unspecified atom stereocenters. The third-order valence-corrected chi connectivity index (χ3v) is 2.87. The second-order valence-electron chi connectivity index (χ2n) is 3.16. The van der Waals surface area contributed by atoms with Gasteiger partial charge in [0.1, 0.15) is 0 Å². The number of rotatable bonds is 4. The van der Waals surface area contributed by atoms with Crippen LogP contribution in [0.25, 0.3) is 0 Å². The molecule has 0 aliphatic carbocycles. The minimum atomic E-state index is -0.934. The number of aryl methyl sites for hydroxylation is 1. The van der Waals surface area contributed by atoms with Gasteiger partial charge in [-0.2, -0.15) is 0 Å². The maximum atomic E-state index is 11.4. The summed E-state index contributed by atoms with van der Waals surface area (Å²) < 4.78 is 9.10. The molecule has 88 valence electrons. The number of methoxy groups -OCH3 is 2. The number of carbonyl (C=O) groups is 2. The average Bonchev–Trinajstić information content (AvgIpc) is 2.69. The Balaban J connectivity index is 2.78. The molecule has 1 aromatic heterocycles. The number of carbonyl (C=O) groups excluding carboxylic acids is 2. The molecule has 0 aliphatic heterocycles. The van der Waals surface area contributed by atoms with Gasteiger partial charge in [-0.1, -0.05) is 0 Å². The normalized spacial score (nSPS) is 10.2.